The number of nitrogens with one attached hydrogen (secondary N) is 1. The summed E-state index contributed by atoms with van der Waals surface area (Å²) < 4.78 is 7.83. The van der Waals surface area contributed by atoms with Crippen molar-refractivity contribution in [2.24, 2.45) is 0 Å². The smallest absolute Gasteiger partial charge is 0.183 e. The summed E-state index contributed by atoms with van der Waals surface area (Å²) in [6.07, 6.45) is 4.44. The number of anilines is 1. The summed E-state index contributed by atoms with van der Waals surface area (Å²) in [4.78, 5) is 9.24. The van der Waals surface area contributed by atoms with Crippen LogP contribution in [0.3, 0.4) is 0 Å². The minimum absolute atomic E-state index is 0.321. The van der Waals surface area contributed by atoms with Crippen molar-refractivity contribution in [2.45, 2.75) is 32.8 Å². The molecule has 6 heteroatoms. The lowest BCUT2D eigenvalue weighted by Crippen LogP contribution is -2.18. The maximum atomic E-state index is 5.66. The first kappa shape index (κ1) is 16.3. The van der Waals surface area contributed by atoms with E-state index < -0.39 is 0 Å². The van der Waals surface area contributed by atoms with Crippen molar-refractivity contribution < 1.29 is 4.74 Å². The van der Waals surface area contributed by atoms with E-state index in [1.165, 1.54) is 0 Å². The Bertz CT molecular complexity index is 850. The molecule has 1 N–H and O–H groups in total. The molecule has 1 atom stereocenters. The van der Waals surface area contributed by atoms with Gasteiger partial charge in [-0.3, -0.25) is 0 Å². The third-order valence-corrected chi connectivity index (χ3v) is 5.39. The number of hydrogen-bond donors (Lipinski definition) is 1. The summed E-state index contributed by atoms with van der Waals surface area (Å²) in [5.41, 5.74) is 4.49. The van der Waals surface area contributed by atoms with Crippen LogP contribution in [-0.4, -0.2) is 33.8 Å². The second-order valence-electron chi connectivity index (χ2n) is 6.36. The Kier molecular flexibility index (Phi) is 4.55. The molecule has 0 saturated carbocycles. The first-order valence-corrected chi connectivity index (χ1v) is 9.52. The molecule has 0 amide bonds. The molecule has 0 spiro atoms. The van der Waals surface area contributed by atoms with E-state index in [-0.39, 0.29) is 0 Å². The number of thiazole rings is 1. The molecule has 4 heterocycles. The number of nitrogens with zero attached hydrogens (tertiary/aromatic N) is 3. The number of ether oxygens (including phenoxy) is 1. The predicted molar refractivity (Wildman–Crippen MR) is 102 cm³/mol. The Balaban J connectivity index is 1.56. The third kappa shape index (κ3) is 3.32. The third-order valence-electron chi connectivity index (χ3n) is 4.59. The fraction of sp³-hybridized carbons (Fsp3) is 0.368. The molecular formula is C19H22N4OS. The zero-order chi connectivity index (χ0) is 17.2. The fourth-order valence-corrected chi connectivity index (χ4v) is 4.07. The molecule has 3 aromatic heterocycles. The van der Waals surface area contributed by atoms with Crippen LogP contribution in [0.15, 0.2) is 35.8 Å². The van der Waals surface area contributed by atoms with Crippen molar-refractivity contribution in [1.82, 2.24) is 14.5 Å². The van der Waals surface area contributed by atoms with Crippen LogP contribution < -0.4 is 5.32 Å². The van der Waals surface area contributed by atoms with Crippen LogP contribution in [-0.2, 0) is 4.74 Å². The topological polar surface area (TPSA) is 52.0 Å². The molecule has 25 heavy (non-hydrogen) atoms. The van der Waals surface area contributed by atoms with E-state index in [0.717, 1.165) is 59.6 Å². The van der Waals surface area contributed by atoms with E-state index in [1.807, 2.05) is 24.4 Å². The average Bonchev–Trinajstić information content (AvgIpc) is 3.35. The highest BCUT2D eigenvalue weighted by atomic mass is 32.1. The SMILES string of the molecule is Cc1cc(-c2csc(NC[C@H]3CCCO3)n2)c(C)n1-c1ccccn1. The van der Waals surface area contributed by atoms with Crippen molar-refractivity contribution >= 4 is 16.5 Å². The molecule has 0 bridgehead atoms. The van der Waals surface area contributed by atoms with Gasteiger partial charge >= 0.3 is 0 Å². The second kappa shape index (κ2) is 6.98. The summed E-state index contributed by atoms with van der Waals surface area (Å²) >= 11 is 1.64. The zero-order valence-electron chi connectivity index (χ0n) is 14.5. The van der Waals surface area contributed by atoms with E-state index in [2.05, 4.69) is 40.2 Å². The van der Waals surface area contributed by atoms with Gasteiger partial charge in [0.05, 0.1) is 11.8 Å². The van der Waals surface area contributed by atoms with Crippen LogP contribution in [0.1, 0.15) is 24.2 Å². The lowest BCUT2D eigenvalue weighted by molar-refractivity contribution is 0.120. The van der Waals surface area contributed by atoms with Crippen LogP contribution in [0.25, 0.3) is 17.1 Å². The van der Waals surface area contributed by atoms with Gasteiger partial charge in [0.15, 0.2) is 5.13 Å². The molecule has 0 unspecified atom stereocenters. The molecular weight excluding hydrogens is 332 g/mol. The minimum atomic E-state index is 0.321. The molecule has 0 aromatic carbocycles. The maximum Gasteiger partial charge on any atom is 0.183 e. The van der Waals surface area contributed by atoms with E-state index in [4.69, 9.17) is 9.72 Å². The number of hydrogen-bond acceptors (Lipinski definition) is 5. The molecule has 0 radical (unpaired) electrons. The molecule has 130 valence electrons. The number of rotatable bonds is 5. The van der Waals surface area contributed by atoms with Gasteiger partial charge < -0.3 is 14.6 Å². The largest absolute Gasteiger partial charge is 0.376 e. The normalized spacial score (nSPS) is 17.1. The lowest BCUT2D eigenvalue weighted by atomic mass is 10.2. The van der Waals surface area contributed by atoms with Gasteiger partial charge in [-0.25, -0.2) is 9.97 Å². The second-order valence-corrected chi connectivity index (χ2v) is 7.22. The van der Waals surface area contributed by atoms with Gasteiger partial charge in [0.2, 0.25) is 0 Å². The van der Waals surface area contributed by atoms with Crippen LogP contribution in [0.2, 0.25) is 0 Å². The standard InChI is InChI=1S/C19H22N4OS/c1-13-10-16(14(2)23(13)18-7-3-4-8-20-18)17-12-25-19(22-17)21-11-15-6-5-9-24-15/h3-4,7-8,10,12,15H,5-6,9,11H2,1-2H3,(H,21,22)/t15-/m1/s1. The van der Waals surface area contributed by atoms with Gasteiger partial charge in [-0.1, -0.05) is 6.07 Å². The summed E-state index contributed by atoms with van der Waals surface area (Å²) in [6.45, 7) is 5.94. The first-order chi connectivity index (χ1) is 12.2. The molecule has 5 nitrogen and oxygen atoms in total. The number of aromatic nitrogens is 3. The van der Waals surface area contributed by atoms with Crippen LogP contribution in [0.4, 0.5) is 5.13 Å². The van der Waals surface area contributed by atoms with Crippen molar-refractivity contribution in [3.63, 3.8) is 0 Å². The van der Waals surface area contributed by atoms with Gasteiger partial charge in [-0.2, -0.15) is 0 Å². The monoisotopic (exact) mass is 354 g/mol. The Hall–Kier alpha value is -2.18. The van der Waals surface area contributed by atoms with Crippen LogP contribution >= 0.6 is 11.3 Å². The Morgan fingerprint density at radius 1 is 1.36 bits per heavy atom. The lowest BCUT2D eigenvalue weighted by Gasteiger charge is -2.09. The van der Waals surface area contributed by atoms with Gasteiger partial charge in [0.25, 0.3) is 0 Å². The molecule has 4 rings (SSSR count). The predicted octanol–water partition coefficient (Wildman–Crippen LogP) is 4.20. The summed E-state index contributed by atoms with van der Waals surface area (Å²) in [6, 6.07) is 8.16. The molecule has 1 aliphatic rings. The molecule has 0 aliphatic carbocycles. The highest BCUT2D eigenvalue weighted by Gasteiger charge is 2.17. The highest BCUT2D eigenvalue weighted by molar-refractivity contribution is 7.14. The van der Waals surface area contributed by atoms with Crippen molar-refractivity contribution in [2.75, 3.05) is 18.5 Å². The van der Waals surface area contributed by atoms with Gasteiger partial charge in [0, 0.05) is 41.7 Å². The molecule has 3 aromatic rings. The first-order valence-electron chi connectivity index (χ1n) is 8.64. The molecule has 1 saturated heterocycles. The highest BCUT2D eigenvalue weighted by Crippen LogP contribution is 2.31. The minimum Gasteiger partial charge on any atom is -0.376 e. The zero-order valence-corrected chi connectivity index (χ0v) is 15.3. The van der Waals surface area contributed by atoms with E-state index in [9.17, 15) is 0 Å². The fourth-order valence-electron chi connectivity index (χ4n) is 3.35. The Labute approximate surface area is 151 Å². The average molecular weight is 354 g/mol. The molecule has 1 fully saturated rings. The van der Waals surface area contributed by atoms with E-state index in [1.54, 1.807) is 11.3 Å². The maximum absolute atomic E-state index is 5.66. The van der Waals surface area contributed by atoms with Crippen molar-refractivity contribution in [1.29, 1.82) is 0 Å². The number of pyridine rings is 1. The summed E-state index contributed by atoms with van der Waals surface area (Å²) in [7, 11) is 0. The van der Waals surface area contributed by atoms with E-state index in [0.29, 0.717) is 6.10 Å². The number of aryl methyl sites for hydroxylation is 1. The quantitative estimate of drug-likeness (QED) is 0.746. The summed E-state index contributed by atoms with van der Waals surface area (Å²) in [5.74, 6) is 0.940. The van der Waals surface area contributed by atoms with Gasteiger partial charge in [-0.15, -0.1) is 11.3 Å². The van der Waals surface area contributed by atoms with Gasteiger partial charge in [-0.05, 0) is 44.9 Å². The van der Waals surface area contributed by atoms with E-state index >= 15 is 0 Å². The molecule has 1 aliphatic heterocycles. The summed E-state index contributed by atoms with van der Waals surface area (Å²) in [5, 5.41) is 6.48. The van der Waals surface area contributed by atoms with Crippen molar-refractivity contribution in [3.05, 3.63) is 47.2 Å². The van der Waals surface area contributed by atoms with Crippen LogP contribution in [0, 0.1) is 13.8 Å². The Morgan fingerprint density at radius 2 is 2.28 bits per heavy atom. The Morgan fingerprint density at radius 3 is 3.04 bits per heavy atom. The van der Waals surface area contributed by atoms with Gasteiger partial charge in [0.1, 0.15) is 5.82 Å². The van der Waals surface area contributed by atoms with Crippen molar-refractivity contribution in [3.8, 4) is 17.1 Å². The van der Waals surface area contributed by atoms with Crippen LogP contribution in [0.5, 0.6) is 0 Å².